The average Bonchev–Trinajstić information content (AvgIpc) is 2.38. The van der Waals surface area contributed by atoms with E-state index in [1.807, 2.05) is 12.1 Å². The molecule has 0 heterocycles. The molecule has 0 unspecified atom stereocenters. The molecular weight excluding hydrogens is 234 g/mol. The van der Waals surface area contributed by atoms with E-state index in [1.165, 1.54) is 16.8 Å². The molecule has 2 rings (SSSR count). The van der Waals surface area contributed by atoms with Crippen LogP contribution < -0.4 is 9.64 Å². The molecule has 2 heteroatoms. The molecule has 0 amide bonds. The zero-order valence-corrected chi connectivity index (χ0v) is 12.2. The van der Waals surface area contributed by atoms with Crippen LogP contribution in [-0.2, 0) is 0 Å². The Morgan fingerprint density at radius 3 is 2.42 bits per heavy atom. The normalized spacial score (nSPS) is 10.4. The van der Waals surface area contributed by atoms with Crippen molar-refractivity contribution in [3.63, 3.8) is 0 Å². The number of aryl methyl sites for hydroxylation is 2. The Morgan fingerprint density at radius 1 is 1.11 bits per heavy atom. The number of nitrogens with zero attached hydrogens (tertiary/aromatic N) is 1. The Balaban J connectivity index is 2.61. The monoisotopic (exact) mass is 254 g/mol. The summed E-state index contributed by atoms with van der Waals surface area (Å²) in [6.45, 7) is 4.17. The molecule has 0 fully saturated rings. The van der Waals surface area contributed by atoms with E-state index in [1.54, 1.807) is 7.11 Å². The Labute approximate surface area is 115 Å². The molecular formula is C17H20NO. The SMILES string of the molecule is COc1ccc(-c2c(C)[c]ccc2N(C)C)cc1C. The van der Waals surface area contributed by atoms with Crippen molar-refractivity contribution in [1.29, 1.82) is 0 Å². The van der Waals surface area contributed by atoms with Gasteiger partial charge in [0.25, 0.3) is 0 Å². The maximum absolute atomic E-state index is 5.33. The second-order valence-corrected chi connectivity index (χ2v) is 4.94. The lowest BCUT2D eigenvalue weighted by Gasteiger charge is -2.20. The summed E-state index contributed by atoms with van der Waals surface area (Å²) in [7, 11) is 5.83. The fourth-order valence-corrected chi connectivity index (χ4v) is 2.36. The first-order chi connectivity index (χ1) is 9.04. The van der Waals surface area contributed by atoms with Crippen molar-refractivity contribution in [2.45, 2.75) is 13.8 Å². The van der Waals surface area contributed by atoms with Gasteiger partial charge in [0, 0.05) is 25.3 Å². The standard InChI is InChI=1S/C17H20NO/c1-12-7-6-8-15(18(3)4)17(12)14-9-10-16(19-5)13(2)11-14/h6,8-11H,1-5H3. The lowest BCUT2D eigenvalue weighted by atomic mass is 9.96. The molecule has 0 saturated carbocycles. The van der Waals surface area contributed by atoms with Gasteiger partial charge in [-0.15, -0.1) is 0 Å². The van der Waals surface area contributed by atoms with Crippen LogP contribution in [0.2, 0.25) is 0 Å². The number of hydrogen-bond donors (Lipinski definition) is 0. The third kappa shape index (κ3) is 2.58. The number of ether oxygens (including phenoxy) is 1. The van der Waals surface area contributed by atoms with E-state index < -0.39 is 0 Å². The number of rotatable bonds is 3. The van der Waals surface area contributed by atoms with Gasteiger partial charge in [-0.1, -0.05) is 12.1 Å². The van der Waals surface area contributed by atoms with E-state index in [0.29, 0.717) is 0 Å². The Bertz CT molecular complexity index is 588. The van der Waals surface area contributed by atoms with Gasteiger partial charge in [-0.2, -0.15) is 0 Å². The highest BCUT2D eigenvalue weighted by molar-refractivity contribution is 5.81. The van der Waals surface area contributed by atoms with Gasteiger partial charge in [0.05, 0.1) is 7.11 Å². The minimum Gasteiger partial charge on any atom is -0.496 e. The summed E-state index contributed by atoms with van der Waals surface area (Å²) in [5, 5.41) is 0. The Morgan fingerprint density at radius 2 is 1.84 bits per heavy atom. The smallest absolute Gasteiger partial charge is 0.121 e. The average molecular weight is 254 g/mol. The van der Waals surface area contributed by atoms with Crippen LogP contribution in [0.15, 0.2) is 30.3 Å². The first-order valence-corrected chi connectivity index (χ1v) is 6.38. The molecule has 0 bridgehead atoms. The summed E-state index contributed by atoms with van der Waals surface area (Å²) in [5.41, 5.74) is 5.96. The van der Waals surface area contributed by atoms with Crippen LogP contribution in [0.4, 0.5) is 5.69 Å². The Hall–Kier alpha value is -1.96. The van der Waals surface area contributed by atoms with Crippen molar-refractivity contribution in [3.05, 3.63) is 47.5 Å². The predicted octanol–water partition coefficient (Wildman–Crippen LogP) is 3.85. The van der Waals surface area contributed by atoms with Gasteiger partial charge in [-0.3, -0.25) is 0 Å². The molecule has 2 aromatic carbocycles. The lowest BCUT2D eigenvalue weighted by molar-refractivity contribution is 0.412. The summed E-state index contributed by atoms with van der Waals surface area (Å²) in [4.78, 5) is 2.13. The molecule has 2 nitrogen and oxygen atoms in total. The van der Waals surface area contributed by atoms with Gasteiger partial charge in [-0.05, 0) is 54.8 Å². The van der Waals surface area contributed by atoms with Crippen LogP contribution >= 0.6 is 0 Å². The fraction of sp³-hybridized carbons (Fsp3) is 0.294. The predicted molar refractivity (Wildman–Crippen MR) is 81.1 cm³/mol. The van der Waals surface area contributed by atoms with Crippen molar-refractivity contribution in [1.82, 2.24) is 0 Å². The highest BCUT2D eigenvalue weighted by atomic mass is 16.5. The minimum absolute atomic E-state index is 0.924. The molecule has 0 atom stereocenters. The van der Waals surface area contributed by atoms with Crippen molar-refractivity contribution < 1.29 is 4.74 Å². The van der Waals surface area contributed by atoms with E-state index in [4.69, 9.17) is 4.74 Å². The quantitative estimate of drug-likeness (QED) is 0.825. The highest BCUT2D eigenvalue weighted by Crippen LogP contribution is 2.34. The largest absolute Gasteiger partial charge is 0.496 e. The van der Waals surface area contributed by atoms with Crippen molar-refractivity contribution >= 4 is 5.69 Å². The molecule has 0 saturated heterocycles. The molecule has 99 valence electrons. The first kappa shape index (κ1) is 13.5. The summed E-state index contributed by atoms with van der Waals surface area (Å²) >= 11 is 0. The number of methoxy groups -OCH3 is 1. The molecule has 19 heavy (non-hydrogen) atoms. The van der Waals surface area contributed by atoms with Gasteiger partial charge >= 0.3 is 0 Å². The number of benzene rings is 2. The topological polar surface area (TPSA) is 12.5 Å². The maximum Gasteiger partial charge on any atom is 0.121 e. The third-order valence-electron chi connectivity index (χ3n) is 3.34. The van der Waals surface area contributed by atoms with E-state index in [9.17, 15) is 0 Å². The van der Waals surface area contributed by atoms with Crippen molar-refractivity contribution in [2.75, 3.05) is 26.1 Å². The van der Waals surface area contributed by atoms with Gasteiger partial charge in [0.15, 0.2) is 0 Å². The molecule has 0 aliphatic heterocycles. The highest BCUT2D eigenvalue weighted by Gasteiger charge is 2.11. The summed E-state index contributed by atoms with van der Waals surface area (Å²) in [5.74, 6) is 0.924. The summed E-state index contributed by atoms with van der Waals surface area (Å²) in [6, 6.07) is 13.7. The zero-order chi connectivity index (χ0) is 14.0. The summed E-state index contributed by atoms with van der Waals surface area (Å²) in [6.07, 6.45) is 0. The van der Waals surface area contributed by atoms with Crippen LogP contribution in [0, 0.1) is 19.9 Å². The number of hydrogen-bond acceptors (Lipinski definition) is 2. The van der Waals surface area contributed by atoms with Crippen LogP contribution in [0.3, 0.4) is 0 Å². The second-order valence-electron chi connectivity index (χ2n) is 4.94. The van der Waals surface area contributed by atoms with E-state index in [0.717, 1.165) is 16.9 Å². The molecule has 2 aromatic rings. The number of anilines is 1. The third-order valence-corrected chi connectivity index (χ3v) is 3.34. The van der Waals surface area contributed by atoms with Gasteiger partial charge < -0.3 is 9.64 Å². The van der Waals surface area contributed by atoms with E-state index in [2.05, 4.69) is 57.1 Å². The van der Waals surface area contributed by atoms with Gasteiger partial charge in [0.1, 0.15) is 5.75 Å². The molecule has 0 aromatic heterocycles. The molecule has 0 aliphatic rings. The zero-order valence-electron chi connectivity index (χ0n) is 12.2. The maximum atomic E-state index is 5.33. The fourth-order valence-electron chi connectivity index (χ4n) is 2.36. The van der Waals surface area contributed by atoms with Crippen LogP contribution in [0.25, 0.3) is 11.1 Å². The molecule has 0 aliphatic carbocycles. The second kappa shape index (κ2) is 5.35. The molecule has 0 N–H and O–H groups in total. The van der Waals surface area contributed by atoms with Crippen LogP contribution in [0.1, 0.15) is 11.1 Å². The first-order valence-electron chi connectivity index (χ1n) is 6.38. The van der Waals surface area contributed by atoms with Gasteiger partial charge in [0.2, 0.25) is 0 Å². The molecule has 1 radical (unpaired) electrons. The lowest BCUT2D eigenvalue weighted by Crippen LogP contribution is -2.10. The van der Waals surface area contributed by atoms with E-state index in [-0.39, 0.29) is 0 Å². The van der Waals surface area contributed by atoms with Crippen LogP contribution in [-0.4, -0.2) is 21.2 Å². The molecule has 0 spiro atoms. The van der Waals surface area contributed by atoms with Crippen LogP contribution in [0.5, 0.6) is 5.75 Å². The van der Waals surface area contributed by atoms with E-state index >= 15 is 0 Å². The summed E-state index contributed by atoms with van der Waals surface area (Å²) < 4.78 is 5.33. The minimum atomic E-state index is 0.924. The Kier molecular flexibility index (Phi) is 3.79. The van der Waals surface area contributed by atoms with Crippen molar-refractivity contribution in [2.24, 2.45) is 0 Å². The van der Waals surface area contributed by atoms with Gasteiger partial charge in [-0.25, -0.2) is 0 Å². The van der Waals surface area contributed by atoms with Crippen molar-refractivity contribution in [3.8, 4) is 16.9 Å².